The zero-order chi connectivity index (χ0) is 41.1. The van der Waals surface area contributed by atoms with Crippen LogP contribution in [-0.2, 0) is 61.0 Å². The van der Waals surface area contributed by atoms with Crippen molar-refractivity contribution in [3.05, 3.63) is 71.8 Å². The fourth-order valence-corrected chi connectivity index (χ4v) is 4.91. The molecule has 0 radical (unpaired) electrons. The van der Waals surface area contributed by atoms with Gasteiger partial charge in [-0.2, -0.15) is 12.6 Å². The molecule has 0 heterocycles. The van der Waals surface area contributed by atoms with E-state index in [4.69, 9.17) is 9.47 Å². The number of hydrogen-bond acceptors (Lipinski definition) is 12. The molecule has 2 aromatic rings. The number of nitrogens with zero attached hydrogens (tertiary/aromatic N) is 1. The maximum atomic E-state index is 13.5. The molecule has 0 aromatic heterocycles. The third-order valence-electron chi connectivity index (χ3n) is 7.42. The average molecular weight is 790 g/mol. The largest absolute Gasteiger partial charge is 0.481 e. The van der Waals surface area contributed by atoms with Crippen molar-refractivity contribution in [1.82, 2.24) is 26.4 Å². The number of amides is 5. The number of nitrogens with one attached hydrogen (secondary N) is 4. The number of hydrazine groups is 1. The van der Waals surface area contributed by atoms with Crippen LogP contribution in [-0.4, -0.2) is 104 Å². The molecule has 298 valence electrons. The highest BCUT2D eigenvalue weighted by Gasteiger charge is 2.34. The highest BCUT2D eigenvalue weighted by Crippen LogP contribution is 2.11. The molecule has 0 bridgehead atoms. The highest BCUT2D eigenvalue weighted by molar-refractivity contribution is 7.81. The molecule has 20 heteroatoms. The van der Waals surface area contributed by atoms with Gasteiger partial charge in [-0.3, -0.25) is 43.8 Å². The summed E-state index contributed by atoms with van der Waals surface area (Å²) in [5.41, 5.74) is 3.36. The molecule has 0 spiro atoms. The second kappa shape index (κ2) is 22.8. The van der Waals surface area contributed by atoms with Crippen LogP contribution in [0.2, 0.25) is 0 Å². The number of hydrogen-bond donors (Lipinski definition) is 8. The van der Waals surface area contributed by atoms with E-state index in [1.165, 1.54) is 13.8 Å². The fraction of sp³-hybridized carbons (Fsp3) is 0.400. The number of carboxylic acids is 3. The molecule has 0 saturated carbocycles. The summed E-state index contributed by atoms with van der Waals surface area (Å²) in [6.07, 6.45) is -3.95. The van der Waals surface area contributed by atoms with Crippen molar-refractivity contribution in [2.45, 2.75) is 76.1 Å². The Kier molecular flexibility index (Phi) is 18.6. The van der Waals surface area contributed by atoms with Gasteiger partial charge in [0.2, 0.25) is 11.8 Å². The number of carboxylic acid groups (broad SMARTS) is 3. The minimum Gasteiger partial charge on any atom is -0.481 e. The topological polar surface area (TPSA) is 284 Å². The molecule has 2 rings (SSSR count). The molecule has 4 atom stereocenters. The van der Waals surface area contributed by atoms with Crippen molar-refractivity contribution in [1.29, 1.82) is 0 Å². The predicted octanol–water partition coefficient (Wildman–Crippen LogP) is 0.623. The van der Waals surface area contributed by atoms with Crippen LogP contribution < -0.4 is 21.4 Å². The van der Waals surface area contributed by atoms with E-state index in [0.717, 1.165) is 0 Å². The summed E-state index contributed by atoms with van der Waals surface area (Å²) in [7, 11) is 0. The van der Waals surface area contributed by atoms with Crippen LogP contribution in [0.15, 0.2) is 60.7 Å². The van der Waals surface area contributed by atoms with Crippen molar-refractivity contribution in [3.63, 3.8) is 0 Å². The van der Waals surface area contributed by atoms with Gasteiger partial charge in [0, 0.05) is 6.42 Å². The molecule has 0 aliphatic carbocycles. The maximum absolute atomic E-state index is 13.5. The van der Waals surface area contributed by atoms with Crippen LogP contribution >= 0.6 is 12.6 Å². The summed E-state index contributed by atoms with van der Waals surface area (Å²) in [6, 6.07) is 12.0. The van der Waals surface area contributed by atoms with Gasteiger partial charge in [-0.15, -0.1) is 0 Å². The summed E-state index contributed by atoms with van der Waals surface area (Å²) < 4.78 is 10.2. The van der Waals surface area contributed by atoms with Crippen LogP contribution in [0.5, 0.6) is 0 Å². The number of benzene rings is 2. The predicted molar refractivity (Wildman–Crippen MR) is 192 cm³/mol. The first-order chi connectivity index (χ1) is 26.0. The van der Waals surface area contributed by atoms with Gasteiger partial charge in [0.1, 0.15) is 37.9 Å². The van der Waals surface area contributed by atoms with Gasteiger partial charge in [-0.05, 0) is 23.5 Å². The highest BCUT2D eigenvalue weighted by atomic mass is 32.1. The maximum Gasteiger partial charge on any atom is 0.408 e. The fourth-order valence-electron chi connectivity index (χ4n) is 4.62. The Labute approximate surface area is 320 Å². The number of carbonyl (C=O) groups excluding carboxylic acids is 6. The number of alkyl carbamates (subject to hydrolysis) is 1. The van der Waals surface area contributed by atoms with Gasteiger partial charge >= 0.3 is 30.0 Å². The Bertz CT molecular complexity index is 1680. The van der Waals surface area contributed by atoms with E-state index < -0.39 is 115 Å². The van der Waals surface area contributed by atoms with Crippen LogP contribution in [0, 0.1) is 5.92 Å². The molecule has 7 N–H and O–H groups in total. The Morgan fingerprint density at radius 1 is 0.673 bits per heavy atom. The first-order valence-electron chi connectivity index (χ1n) is 16.7. The van der Waals surface area contributed by atoms with Crippen LogP contribution in [0.1, 0.15) is 50.7 Å². The lowest BCUT2D eigenvalue weighted by Crippen LogP contribution is -2.61. The summed E-state index contributed by atoms with van der Waals surface area (Å²) in [4.78, 5) is 112. The smallest absolute Gasteiger partial charge is 0.408 e. The standard InChI is InChI=1S/C35H43N5O14S/c1-20(2)30(33(50)39-40(17-28(45)46)34(51)25(55)16-29(47)53-18-21-9-5-3-6-10-21)38-31(48)23(13-14-26(41)42)36-32(49)24(15-27(43)44)37-35(52)54-19-22-11-7-4-8-12-22/h3-12,20,23-25,30,55H,13-19H2,1-2H3,(H,36,49)(H,37,52)(H,38,48)(H,39,50)(H,41,42)(H,43,44)(H,45,46)/t23-,24-,25+,30-/m0/s1. The zero-order valence-corrected chi connectivity index (χ0v) is 30.7. The van der Waals surface area contributed by atoms with E-state index in [-0.39, 0.29) is 13.2 Å². The molecule has 0 unspecified atom stereocenters. The molecular formula is C35H43N5O14S. The van der Waals surface area contributed by atoms with Gasteiger partial charge in [-0.1, -0.05) is 74.5 Å². The number of esters is 1. The monoisotopic (exact) mass is 789 g/mol. The Morgan fingerprint density at radius 2 is 1.22 bits per heavy atom. The van der Waals surface area contributed by atoms with E-state index in [0.29, 0.717) is 16.1 Å². The van der Waals surface area contributed by atoms with Crippen LogP contribution in [0.25, 0.3) is 0 Å². The van der Waals surface area contributed by atoms with Crippen molar-refractivity contribution in [3.8, 4) is 0 Å². The van der Waals surface area contributed by atoms with Gasteiger partial charge in [0.25, 0.3) is 11.8 Å². The molecule has 0 fully saturated rings. The quantitative estimate of drug-likeness (QED) is 0.0489. The van der Waals surface area contributed by atoms with Gasteiger partial charge in [-0.25, -0.2) is 9.80 Å². The Morgan fingerprint density at radius 3 is 1.73 bits per heavy atom. The lowest BCUT2D eigenvalue weighted by molar-refractivity contribution is -0.152. The van der Waals surface area contributed by atoms with E-state index in [9.17, 15) is 58.5 Å². The Hall–Kier alpha value is -6.18. The lowest BCUT2D eigenvalue weighted by atomic mass is 10.0. The van der Waals surface area contributed by atoms with Gasteiger partial charge in [0.05, 0.1) is 18.1 Å². The SMILES string of the molecule is CC(C)[C@H](NC(=O)[C@H](CCC(=O)O)NC(=O)[C@H](CC(=O)O)NC(=O)OCc1ccccc1)C(=O)NN(CC(=O)O)C(=O)[C@H](S)CC(=O)OCc1ccccc1. The van der Waals surface area contributed by atoms with E-state index in [1.807, 2.05) is 0 Å². The van der Waals surface area contributed by atoms with E-state index in [1.54, 1.807) is 60.7 Å². The second-order valence-electron chi connectivity index (χ2n) is 12.2. The number of ether oxygens (including phenoxy) is 2. The molecule has 0 aliphatic rings. The minimum absolute atomic E-state index is 0.106. The number of aliphatic carboxylic acids is 3. The normalized spacial score (nSPS) is 12.8. The number of thiol groups is 1. The van der Waals surface area contributed by atoms with Crippen LogP contribution in [0.4, 0.5) is 4.79 Å². The van der Waals surface area contributed by atoms with Gasteiger partial charge < -0.3 is 40.7 Å². The third-order valence-corrected chi connectivity index (χ3v) is 7.82. The second-order valence-corrected chi connectivity index (χ2v) is 12.9. The van der Waals surface area contributed by atoms with Crippen molar-refractivity contribution < 1.29 is 67.9 Å². The van der Waals surface area contributed by atoms with E-state index in [2.05, 4.69) is 34.0 Å². The number of carbonyl (C=O) groups is 9. The summed E-state index contributed by atoms with van der Waals surface area (Å²) >= 11 is 4.10. The molecule has 0 aliphatic heterocycles. The number of rotatable bonds is 21. The zero-order valence-electron chi connectivity index (χ0n) is 29.8. The first-order valence-corrected chi connectivity index (χ1v) is 17.2. The third kappa shape index (κ3) is 17.0. The summed E-state index contributed by atoms with van der Waals surface area (Å²) in [5, 5.41) is 33.6. The minimum atomic E-state index is -1.79. The molecule has 2 aromatic carbocycles. The Balaban J connectivity index is 2.16. The molecule has 5 amide bonds. The van der Waals surface area contributed by atoms with Crippen molar-refractivity contribution in [2.75, 3.05) is 6.54 Å². The summed E-state index contributed by atoms with van der Waals surface area (Å²) in [6.45, 7) is 1.53. The molecule has 0 saturated heterocycles. The van der Waals surface area contributed by atoms with Crippen molar-refractivity contribution in [2.24, 2.45) is 5.92 Å². The average Bonchev–Trinajstić information content (AvgIpc) is 3.12. The van der Waals surface area contributed by atoms with Crippen molar-refractivity contribution >= 4 is 66.2 Å². The lowest BCUT2D eigenvalue weighted by Gasteiger charge is -2.29. The first kappa shape index (κ1) is 45.0. The van der Waals surface area contributed by atoms with E-state index >= 15 is 0 Å². The van der Waals surface area contributed by atoms with Gasteiger partial charge in [0.15, 0.2) is 0 Å². The molecule has 55 heavy (non-hydrogen) atoms. The molecular weight excluding hydrogens is 746 g/mol. The summed E-state index contributed by atoms with van der Waals surface area (Å²) in [5.74, 6) is -10.6. The molecule has 19 nitrogen and oxygen atoms in total. The van der Waals surface area contributed by atoms with Crippen LogP contribution in [0.3, 0.4) is 0 Å².